The van der Waals surface area contributed by atoms with Crippen LogP contribution in [0.2, 0.25) is 5.02 Å². The topological polar surface area (TPSA) is 69.2 Å². The van der Waals surface area contributed by atoms with E-state index in [-0.39, 0.29) is 12.5 Å². The molecular weight excluding hydrogens is 354 g/mol. The van der Waals surface area contributed by atoms with Gasteiger partial charge in [0.1, 0.15) is 6.54 Å². The highest BCUT2D eigenvalue weighted by Crippen LogP contribution is 2.20. The van der Waals surface area contributed by atoms with E-state index in [1.54, 1.807) is 7.11 Å². The van der Waals surface area contributed by atoms with Gasteiger partial charge in [0, 0.05) is 57.1 Å². The van der Waals surface area contributed by atoms with E-state index in [2.05, 4.69) is 31.5 Å². The molecule has 0 bridgehead atoms. The number of guanidine groups is 1. The zero-order valence-corrected chi connectivity index (χ0v) is 16.3. The third kappa shape index (κ3) is 6.38. The van der Waals surface area contributed by atoms with Crippen molar-refractivity contribution in [3.8, 4) is 0 Å². The lowest BCUT2D eigenvalue weighted by atomic mass is 10.2. The van der Waals surface area contributed by atoms with Crippen LogP contribution >= 0.6 is 11.6 Å². The van der Waals surface area contributed by atoms with E-state index in [1.807, 2.05) is 25.1 Å². The van der Waals surface area contributed by atoms with Crippen LogP contribution in [0.3, 0.4) is 0 Å². The van der Waals surface area contributed by atoms with Gasteiger partial charge in [0.15, 0.2) is 5.96 Å². The Labute approximate surface area is 160 Å². The van der Waals surface area contributed by atoms with Crippen molar-refractivity contribution >= 4 is 29.2 Å². The lowest BCUT2D eigenvalue weighted by Crippen LogP contribution is -2.52. The highest BCUT2D eigenvalue weighted by molar-refractivity contribution is 6.30. The predicted octanol–water partition coefficient (Wildman–Crippen LogP) is 1.19. The van der Waals surface area contributed by atoms with Crippen LogP contribution in [-0.4, -0.2) is 76.3 Å². The number of ether oxygens (including phenoxy) is 1. The van der Waals surface area contributed by atoms with E-state index in [0.717, 1.165) is 49.4 Å². The molecule has 0 unspecified atom stereocenters. The Kier molecular flexibility index (Phi) is 8.50. The number of halogens is 1. The second-order valence-corrected chi connectivity index (χ2v) is 6.40. The summed E-state index contributed by atoms with van der Waals surface area (Å²) >= 11 is 6.09. The lowest BCUT2D eigenvalue weighted by molar-refractivity contribution is -0.119. The van der Waals surface area contributed by atoms with Crippen LogP contribution in [0.5, 0.6) is 0 Å². The highest BCUT2D eigenvalue weighted by Gasteiger charge is 2.20. The lowest BCUT2D eigenvalue weighted by Gasteiger charge is -2.37. The molecule has 26 heavy (non-hydrogen) atoms. The van der Waals surface area contributed by atoms with Crippen LogP contribution in [0.4, 0.5) is 5.69 Å². The van der Waals surface area contributed by atoms with Gasteiger partial charge < -0.3 is 25.2 Å². The fourth-order valence-corrected chi connectivity index (χ4v) is 2.95. The molecule has 1 saturated heterocycles. The van der Waals surface area contributed by atoms with Crippen LogP contribution in [-0.2, 0) is 9.53 Å². The van der Waals surface area contributed by atoms with E-state index in [9.17, 15) is 4.79 Å². The molecule has 0 atom stereocenters. The quantitative estimate of drug-likeness (QED) is 0.422. The third-order valence-electron chi connectivity index (χ3n) is 4.09. The number of hydrogen-bond donors (Lipinski definition) is 2. The van der Waals surface area contributed by atoms with Gasteiger partial charge in [-0.15, -0.1) is 0 Å². The van der Waals surface area contributed by atoms with Crippen LogP contribution in [0, 0.1) is 0 Å². The van der Waals surface area contributed by atoms with Gasteiger partial charge in [-0.05, 0) is 25.1 Å². The fourth-order valence-electron chi connectivity index (χ4n) is 2.77. The molecule has 0 radical (unpaired) electrons. The zero-order valence-electron chi connectivity index (χ0n) is 15.5. The molecule has 1 aliphatic rings. The van der Waals surface area contributed by atoms with Gasteiger partial charge in [-0.1, -0.05) is 17.7 Å². The van der Waals surface area contributed by atoms with Crippen LogP contribution in [0.1, 0.15) is 6.92 Å². The molecule has 2 N–H and O–H groups in total. The summed E-state index contributed by atoms with van der Waals surface area (Å²) in [6, 6.07) is 7.92. The summed E-state index contributed by atoms with van der Waals surface area (Å²) in [5, 5.41) is 6.80. The summed E-state index contributed by atoms with van der Waals surface area (Å²) in [7, 11) is 1.61. The number of carbonyl (C=O) groups excluding carboxylic acids is 1. The molecular formula is C18H28ClN5O2. The first-order chi connectivity index (χ1) is 12.6. The van der Waals surface area contributed by atoms with Crippen molar-refractivity contribution in [1.29, 1.82) is 0 Å². The largest absolute Gasteiger partial charge is 0.383 e. The third-order valence-corrected chi connectivity index (χ3v) is 4.32. The molecule has 1 fully saturated rings. The second-order valence-electron chi connectivity index (χ2n) is 5.97. The maximum absolute atomic E-state index is 11.8. The smallest absolute Gasteiger partial charge is 0.241 e. The molecule has 0 aliphatic carbocycles. The molecule has 1 aromatic carbocycles. The van der Waals surface area contributed by atoms with Crippen molar-refractivity contribution in [1.82, 2.24) is 15.5 Å². The Morgan fingerprint density at radius 1 is 1.27 bits per heavy atom. The van der Waals surface area contributed by atoms with Gasteiger partial charge in [0.25, 0.3) is 0 Å². The Hall–Kier alpha value is -1.99. The Bertz CT molecular complexity index is 603. The molecule has 144 valence electrons. The molecule has 2 rings (SSSR count). The normalized spacial score (nSPS) is 15.1. The van der Waals surface area contributed by atoms with Crippen molar-refractivity contribution < 1.29 is 9.53 Å². The zero-order chi connectivity index (χ0) is 18.8. The first-order valence-electron chi connectivity index (χ1n) is 8.93. The summed E-state index contributed by atoms with van der Waals surface area (Å²) < 4.78 is 4.92. The van der Waals surface area contributed by atoms with Crippen LogP contribution in [0.25, 0.3) is 0 Å². The molecule has 7 nitrogen and oxygen atoms in total. The number of amides is 1. The van der Waals surface area contributed by atoms with Gasteiger partial charge in [0.05, 0.1) is 6.61 Å². The van der Waals surface area contributed by atoms with Crippen molar-refractivity contribution in [2.45, 2.75) is 6.92 Å². The van der Waals surface area contributed by atoms with Gasteiger partial charge in [-0.2, -0.15) is 0 Å². The van der Waals surface area contributed by atoms with Crippen molar-refractivity contribution in [2.75, 3.05) is 64.4 Å². The number of carbonyl (C=O) groups is 1. The number of hydrogen-bond acceptors (Lipinski definition) is 4. The average molecular weight is 382 g/mol. The van der Waals surface area contributed by atoms with E-state index >= 15 is 0 Å². The van der Waals surface area contributed by atoms with Crippen molar-refractivity contribution in [3.63, 3.8) is 0 Å². The molecule has 1 aromatic rings. The number of nitrogens with zero attached hydrogens (tertiary/aromatic N) is 3. The fraction of sp³-hybridized carbons (Fsp3) is 0.556. The number of nitrogens with one attached hydrogen (secondary N) is 2. The maximum Gasteiger partial charge on any atom is 0.241 e. The van der Waals surface area contributed by atoms with Gasteiger partial charge in [0.2, 0.25) is 5.91 Å². The average Bonchev–Trinajstić information content (AvgIpc) is 2.65. The predicted molar refractivity (Wildman–Crippen MR) is 106 cm³/mol. The van der Waals surface area contributed by atoms with Crippen molar-refractivity contribution in [2.24, 2.45) is 4.99 Å². The number of methoxy groups -OCH3 is 1. The van der Waals surface area contributed by atoms with Gasteiger partial charge in [-0.3, -0.25) is 4.79 Å². The number of benzene rings is 1. The number of aliphatic imine (C=N–C) groups is 1. The molecule has 1 heterocycles. The van der Waals surface area contributed by atoms with E-state index in [1.165, 1.54) is 0 Å². The van der Waals surface area contributed by atoms with Crippen LogP contribution < -0.4 is 15.5 Å². The maximum atomic E-state index is 11.8. The number of piperazine rings is 1. The van der Waals surface area contributed by atoms with Gasteiger partial charge >= 0.3 is 0 Å². The minimum atomic E-state index is -0.102. The van der Waals surface area contributed by atoms with Gasteiger partial charge in [-0.25, -0.2) is 4.99 Å². The van der Waals surface area contributed by atoms with Crippen LogP contribution in [0.15, 0.2) is 29.3 Å². The molecule has 0 saturated carbocycles. The molecule has 1 aliphatic heterocycles. The second kappa shape index (κ2) is 10.9. The molecule has 0 aromatic heterocycles. The number of anilines is 1. The Balaban J connectivity index is 1.88. The Morgan fingerprint density at radius 2 is 2.04 bits per heavy atom. The summed E-state index contributed by atoms with van der Waals surface area (Å²) in [5.41, 5.74) is 1.14. The summed E-state index contributed by atoms with van der Waals surface area (Å²) in [5.74, 6) is 0.676. The minimum absolute atomic E-state index is 0.102. The standard InChI is InChI=1S/C18H28ClN5O2/c1-3-20-18(22-14-17(25)21-7-12-26-2)24-10-8-23(9-11-24)16-6-4-5-15(19)13-16/h4-6,13H,3,7-12,14H2,1-2H3,(H,20,22)(H,21,25). The van der Waals surface area contributed by atoms with E-state index < -0.39 is 0 Å². The SMILES string of the molecule is CCNC(=NCC(=O)NCCOC)N1CCN(c2cccc(Cl)c2)CC1. The summed E-state index contributed by atoms with van der Waals surface area (Å²) in [4.78, 5) is 20.8. The first-order valence-corrected chi connectivity index (χ1v) is 9.31. The first kappa shape index (κ1) is 20.3. The molecule has 1 amide bonds. The molecule has 0 spiro atoms. The monoisotopic (exact) mass is 381 g/mol. The van der Waals surface area contributed by atoms with Crippen molar-refractivity contribution in [3.05, 3.63) is 29.3 Å². The number of rotatable bonds is 7. The Morgan fingerprint density at radius 3 is 2.69 bits per heavy atom. The van der Waals surface area contributed by atoms with E-state index in [4.69, 9.17) is 16.3 Å². The summed E-state index contributed by atoms with van der Waals surface area (Å²) in [6.07, 6.45) is 0. The van der Waals surface area contributed by atoms with E-state index in [0.29, 0.717) is 13.2 Å². The highest BCUT2D eigenvalue weighted by atomic mass is 35.5. The molecule has 8 heteroatoms. The summed E-state index contributed by atoms with van der Waals surface area (Å²) in [6.45, 7) is 7.33. The minimum Gasteiger partial charge on any atom is -0.383 e.